The first-order valence-corrected chi connectivity index (χ1v) is 7.64. The highest BCUT2D eigenvalue weighted by atomic mass is 16.6. The van der Waals surface area contributed by atoms with Crippen LogP contribution in [0, 0.1) is 17.3 Å². The van der Waals surface area contributed by atoms with Gasteiger partial charge in [-0.2, -0.15) is 0 Å². The van der Waals surface area contributed by atoms with Crippen LogP contribution in [0.15, 0.2) is 0 Å². The van der Waals surface area contributed by atoms with Crippen LogP contribution >= 0.6 is 0 Å². The number of ether oxygens (including phenoxy) is 2. The Bertz CT molecular complexity index is 268. The van der Waals surface area contributed by atoms with Gasteiger partial charge < -0.3 is 14.6 Å². The van der Waals surface area contributed by atoms with E-state index in [0.717, 1.165) is 19.3 Å². The Morgan fingerprint density at radius 1 is 1.15 bits per heavy atom. The van der Waals surface area contributed by atoms with Gasteiger partial charge in [-0.3, -0.25) is 4.79 Å². The summed E-state index contributed by atoms with van der Waals surface area (Å²) in [5.74, 6) is 0.386. The lowest BCUT2D eigenvalue weighted by Crippen LogP contribution is -2.23. The van der Waals surface area contributed by atoms with E-state index >= 15 is 0 Å². The molecular formula is C16H32O4. The molecule has 0 heterocycles. The van der Waals surface area contributed by atoms with Crippen molar-refractivity contribution < 1.29 is 19.4 Å². The summed E-state index contributed by atoms with van der Waals surface area (Å²) in [6, 6.07) is 0. The average Bonchev–Trinajstić information content (AvgIpc) is 2.33. The standard InChI is InChI=1S/C16H32O4/c1-7-14(9-8-12(2)16(4,5)6)15(18)20-11-10-19-13(3)17/h12-14,17H,7-11H2,1-6H3. The third kappa shape index (κ3) is 8.54. The molecule has 4 nitrogen and oxygen atoms in total. The van der Waals surface area contributed by atoms with E-state index in [4.69, 9.17) is 14.6 Å². The number of aliphatic hydroxyl groups excluding tert-OH is 1. The molecule has 0 aliphatic carbocycles. The van der Waals surface area contributed by atoms with Gasteiger partial charge in [0.15, 0.2) is 6.29 Å². The predicted octanol–water partition coefficient (Wildman–Crippen LogP) is 3.37. The Kier molecular flexibility index (Phi) is 9.06. The second kappa shape index (κ2) is 9.35. The molecule has 1 N–H and O–H groups in total. The molecule has 0 spiro atoms. The van der Waals surface area contributed by atoms with Crippen molar-refractivity contribution in [2.75, 3.05) is 13.2 Å². The lowest BCUT2D eigenvalue weighted by atomic mass is 9.78. The molecule has 120 valence electrons. The van der Waals surface area contributed by atoms with Crippen molar-refractivity contribution in [1.82, 2.24) is 0 Å². The molecule has 3 unspecified atom stereocenters. The van der Waals surface area contributed by atoms with Crippen molar-refractivity contribution in [2.45, 2.75) is 67.1 Å². The summed E-state index contributed by atoms with van der Waals surface area (Å²) in [5, 5.41) is 8.93. The van der Waals surface area contributed by atoms with E-state index < -0.39 is 6.29 Å². The predicted molar refractivity (Wildman–Crippen MR) is 80.2 cm³/mol. The van der Waals surface area contributed by atoms with E-state index in [0.29, 0.717) is 5.92 Å². The molecule has 0 saturated carbocycles. The maximum Gasteiger partial charge on any atom is 0.308 e. The third-order valence-corrected chi connectivity index (χ3v) is 3.94. The summed E-state index contributed by atoms with van der Waals surface area (Å²) in [7, 11) is 0. The highest BCUT2D eigenvalue weighted by Gasteiger charge is 2.24. The first-order chi connectivity index (χ1) is 9.18. The van der Waals surface area contributed by atoms with E-state index in [2.05, 4.69) is 27.7 Å². The molecule has 0 saturated heterocycles. The molecule has 0 aliphatic rings. The van der Waals surface area contributed by atoms with Gasteiger partial charge in [-0.15, -0.1) is 0 Å². The zero-order valence-corrected chi connectivity index (χ0v) is 13.9. The molecule has 0 rings (SSSR count). The minimum Gasteiger partial charge on any atom is -0.463 e. The van der Waals surface area contributed by atoms with Crippen LogP contribution in [0.5, 0.6) is 0 Å². The van der Waals surface area contributed by atoms with Crippen LogP contribution in [-0.2, 0) is 14.3 Å². The van der Waals surface area contributed by atoms with Gasteiger partial charge in [0.05, 0.1) is 12.5 Å². The Morgan fingerprint density at radius 3 is 2.20 bits per heavy atom. The first-order valence-electron chi connectivity index (χ1n) is 7.64. The van der Waals surface area contributed by atoms with Crippen LogP contribution in [0.1, 0.15) is 60.8 Å². The maximum atomic E-state index is 11.9. The molecule has 0 amide bonds. The van der Waals surface area contributed by atoms with Crippen molar-refractivity contribution in [3.8, 4) is 0 Å². The largest absolute Gasteiger partial charge is 0.463 e. The lowest BCUT2D eigenvalue weighted by molar-refractivity contribution is -0.154. The number of esters is 1. The van der Waals surface area contributed by atoms with Crippen LogP contribution in [0.3, 0.4) is 0 Å². The van der Waals surface area contributed by atoms with Gasteiger partial charge in [0.2, 0.25) is 0 Å². The van der Waals surface area contributed by atoms with E-state index in [1.54, 1.807) is 0 Å². The number of hydrogen-bond acceptors (Lipinski definition) is 4. The minimum absolute atomic E-state index is 0.0358. The SMILES string of the molecule is CCC(CCC(C)C(C)(C)C)C(=O)OCCOC(C)O. The number of carbonyl (C=O) groups excluding carboxylic acids is 1. The molecule has 4 heteroatoms. The normalized spacial score (nSPS) is 16.6. The Balaban J connectivity index is 4.03. The van der Waals surface area contributed by atoms with Gasteiger partial charge in [0.25, 0.3) is 0 Å². The van der Waals surface area contributed by atoms with E-state index in [1.165, 1.54) is 6.92 Å². The Morgan fingerprint density at radius 2 is 1.75 bits per heavy atom. The third-order valence-electron chi connectivity index (χ3n) is 3.94. The van der Waals surface area contributed by atoms with Gasteiger partial charge in [-0.1, -0.05) is 34.6 Å². The molecule has 0 aromatic carbocycles. The summed E-state index contributed by atoms with van der Waals surface area (Å²) >= 11 is 0. The van der Waals surface area contributed by atoms with Gasteiger partial charge in [-0.25, -0.2) is 0 Å². The van der Waals surface area contributed by atoms with Crippen molar-refractivity contribution in [1.29, 1.82) is 0 Å². The molecular weight excluding hydrogens is 256 g/mol. The van der Waals surface area contributed by atoms with E-state index in [-0.39, 0.29) is 30.5 Å². The topological polar surface area (TPSA) is 55.8 Å². The molecule has 0 aliphatic heterocycles. The molecule has 0 bridgehead atoms. The Labute approximate surface area is 123 Å². The van der Waals surface area contributed by atoms with Crippen LogP contribution in [0.2, 0.25) is 0 Å². The van der Waals surface area contributed by atoms with Crippen LogP contribution in [0.25, 0.3) is 0 Å². The van der Waals surface area contributed by atoms with Crippen LogP contribution < -0.4 is 0 Å². The zero-order chi connectivity index (χ0) is 15.8. The van der Waals surface area contributed by atoms with E-state index in [9.17, 15) is 4.79 Å². The second-order valence-electron chi connectivity index (χ2n) is 6.59. The van der Waals surface area contributed by atoms with Gasteiger partial charge in [0, 0.05) is 0 Å². The summed E-state index contributed by atoms with van der Waals surface area (Å²) in [5.41, 5.74) is 0.271. The number of carbonyl (C=O) groups is 1. The van der Waals surface area contributed by atoms with Gasteiger partial charge in [-0.05, 0) is 37.5 Å². The Hall–Kier alpha value is -0.610. The van der Waals surface area contributed by atoms with Crippen molar-refractivity contribution in [2.24, 2.45) is 17.3 Å². The number of hydrogen-bond donors (Lipinski definition) is 1. The van der Waals surface area contributed by atoms with E-state index in [1.807, 2.05) is 6.92 Å². The zero-order valence-electron chi connectivity index (χ0n) is 13.9. The van der Waals surface area contributed by atoms with Crippen molar-refractivity contribution in [3.05, 3.63) is 0 Å². The minimum atomic E-state index is -0.816. The molecule has 20 heavy (non-hydrogen) atoms. The fourth-order valence-corrected chi connectivity index (χ4v) is 1.85. The van der Waals surface area contributed by atoms with Gasteiger partial charge in [0.1, 0.15) is 6.61 Å². The first kappa shape index (κ1) is 19.4. The summed E-state index contributed by atoms with van der Waals surface area (Å²) in [4.78, 5) is 11.9. The summed E-state index contributed by atoms with van der Waals surface area (Å²) < 4.78 is 10.1. The molecule has 0 aromatic rings. The lowest BCUT2D eigenvalue weighted by Gasteiger charge is -2.28. The van der Waals surface area contributed by atoms with Crippen LogP contribution in [-0.4, -0.2) is 30.6 Å². The fourth-order valence-electron chi connectivity index (χ4n) is 1.85. The summed E-state index contributed by atoms with van der Waals surface area (Å²) in [6.07, 6.45) is 1.88. The van der Waals surface area contributed by atoms with Crippen LogP contribution in [0.4, 0.5) is 0 Å². The quantitative estimate of drug-likeness (QED) is 0.401. The molecule has 0 radical (unpaired) electrons. The smallest absolute Gasteiger partial charge is 0.308 e. The molecule has 0 fully saturated rings. The molecule has 3 atom stereocenters. The molecule has 0 aromatic heterocycles. The highest BCUT2D eigenvalue weighted by molar-refractivity contribution is 5.72. The average molecular weight is 288 g/mol. The monoisotopic (exact) mass is 288 g/mol. The van der Waals surface area contributed by atoms with Crippen molar-refractivity contribution in [3.63, 3.8) is 0 Å². The second-order valence-corrected chi connectivity index (χ2v) is 6.59. The number of rotatable bonds is 9. The van der Waals surface area contributed by atoms with Gasteiger partial charge >= 0.3 is 5.97 Å². The highest BCUT2D eigenvalue weighted by Crippen LogP contribution is 2.30. The summed E-state index contributed by atoms with van der Waals surface area (Å²) in [6.45, 7) is 12.9. The van der Waals surface area contributed by atoms with Crippen molar-refractivity contribution >= 4 is 5.97 Å². The number of aliphatic hydroxyl groups is 1. The fraction of sp³-hybridized carbons (Fsp3) is 0.938. The maximum absolute atomic E-state index is 11.9.